The van der Waals surface area contributed by atoms with E-state index in [1.54, 1.807) is 4.57 Å². The van der Waals surface area contributed by atoms with Gasteiger partial charge in [0.1, 0.15) is 10.3 Å². The van der Waals surface area contributed by atoms with Crippen LogP contribution in [0.2, 0.25) is 0 Å². The molecule has 76 valence electrons. The van der Waals surface area contributed by atoms with Crippen LogP contribution in [0, 0.1) is 6.92 Å². The molecule has 3 nitrogen and oxygen atoms in total. The molecule has 0 radical (unpaired) electrons. The van der Waals surface area contributed by atoms with E-state index in [-0.39, 0.29) is 5.56 Å². The molecule has 0 saturated carbocycles. The Kier molecular flexibility index (Phi) is 4.41. The van der Waals surface area contributed by atoms with Gasteiger partial charge >= 0.3 is 0 Å². The molecule has 1 rings (SSSR count). The first-order valence-electron chi connectivity index (χ1n) is 4.14. The van der Waals surface area contributed by atoms with Crippen molar-refractivity contribution >= 4 is 28.6 Å². The minimum absolute atomic E-state index is 0.0543. The van der Waals surface area contributed by atoms with Crippen LogP contribution in [0.1, 0.15) is 5.82 Å². The Morgan fingerprint density at radius 2 is 2.36 bits per heavy atom. The van der Waals surface area contributed by atoms with Crippen molar-refractivity contribution in [1.29, 1.82) is 0 Å². The van der Waals surface area contributed by atoms with Crippen molar-refractivity contribution < 1.29 is 0 Å². The van der Waals surface area contributed by atoms with E-state index in [1.807, 2.05) is 19.1 Å². The molecule has 0 spiro atoms. The second-order valence-electron chi connectivity index (χ2n) is 2.72. The van der Waals surface area contributed by atoms with Gasteiger partial charge in [0, 0.05) is 18.5 Å². The lowest BCUT2D eigenvalue weighted by molar-refractivity contribution is 0.709. The van der Waals surface area contributed by atoms with Gasteiger partial charge in [-0.15, -0.1) is 0 Å². The first kappa shape index (κ1) is 11.5. The molecule has 1 aromatic heterocycles. The molecule has 1 aromatic rings. The number of aromatic nitrogens is 2. The maximum absolute atomic E-state index is 11.6. The molecule has 0 fully saturated rings. The van der Waals surface area contributed by atoms with E-state index >= 15 is 0 Å². The molecule has 0 N–H and O–H groups in total. The van der Waals surface area contributed by atoms with Crippen molar-refractivity contribution in [2.75, 3.05) is 5.75 Å². The molecule has 0 saturated heterocycles. The first-order valence-corrected chi connectivity index (χ1v) is 5.57. The van der Waals surface area contributed by atoms with Gasteiger partial charge in [-0.3, -0.25) is 9.36 Å². The van der Waals surface area contributed by atoms with Gasteiger partial charge in [0.15, 0.2) is 0 Å². The summed E-state index contributed by atoms with van der Waals surface area (Å²) in [7, 11) is 0. The smallest absolute Gasteiger partial charge is 0.268 e. The SMILES string of the molecule is Cc1ncc(Br)c(=O)n1CC=CCS. The molecule has 14 heavy (non-hydrogen) atoms. The van der Waals surface area contributed by atoms with Crippen LogP contribution in [-0.4, -0.2) is 15.3 Å². The van der Waals surface area contributed by atoms with Gasteiger partial charge in [0.25, 0.3) is 5.56 Å². The fraction of sp³-hybridized carbons (Fsp3) is 0.333. The Balaban J connectivity index is 3.01. The maximum Gasteiger partial charge on any atom is 0.268 e. The van der Waals surface area contributed by atoms with E-state index in [1.165, 1.54) is 6.20 Å². The molecule has 1 heterocycles. The average molecular weight is 275 g/mol. The second-order valence-corrected chi connectivity index (χ2v) is 3.94. The van der Waals surface area contributed by atoms with Gasteiger partial charge in [-0.1, -0.05) is 12.2 Å². The van der Waals surface area contributed by atoms with Crippen molar-refractivity contribution in [2.45, 2.75) is 13.5 Å². The third kappa shape index (κ3) is 2.72. The van der Waals surface area contributed by atoms with Crippen LogP contribution in [0.15, 0.2) is 27.6 Å². The van der Waals surface area contributed by atoms with Crippen molar-refractivity contribution in [1.82, 2.24) is 9.55 Å². The molecule has 0 atom stereocenters. The molecular formula is C9H11BrN2OS. The summed E-state index contributed by atoms with van der Waals surface area (Å²) in [4.78, 5) is 15.7. The Bertz CT molecular complexity index is 400. The van der Waals surface area contributed by atoms with Crippen LogP contribution >= 0.6 is 28.6 Å². The van der Waals surface area contributed by atoms with Gasteiger partial charge in [-0.25, -0.2) is 4.98 Å². The molecule has 0 aliphatic carbocycles. The number of thiol groups is 1. The van der Waals surface area contributed by atoms with Crippen LogP contribution in [-0.2, 0) is 6.54 Å². The summed E-state index contributed by atoms with van der Waals surface area (Å²) in [6, 6.07) is 0. The maximum atomic E-state index is 11.6. The van der Waals surface area contributed by atoms with Crippen molar-refractivity contribution in [3.63, 3.8) is 0 Å². The summed E-state index contributed by atoms with van der Waals surface area (Å²) < 4.78 is 2.09. The highest BCUT2D eigenvalue weighted by molar-refractivity contribution is 9.10. The average Bonchev–Trinajstić information content (AvgIpc) is 2.18. The normalized spacial score (nSPS) is 11.1. The standard InChI is InChI=1S/C9H11BrN2OS/c1-7-11-6-8(10)9(13)12(7)4-2-3-5-14/h2-3,6,14H,4-5H2,1H3. The molecule has 0 amide bonds. The summed E-state index contributed by atoms with van der Waals surface area (Å²) >= 11 is 7.19. The predicted octanol–water partition coefficient (Wildman–Crippen LogP) is 1.80. The molecular weight excluding hydrogens is 264 g/mol. The number of hydrogen-bond acceptors (Lipinski definition) is 3. The highest BCUT2D eigenvalue weighted by Crippen LogP contribution is 2.01. The Hall–Kier alpha value is -0.550. The summed E-state index contributed by atoms with van der Waals surface area (Å²) in [5.74, 6) is 1.39. The fourth-order valence-electron chi connectivity index (χ4n) is 1.02. The lowest BCUT2D eigenvalue weighted by atomic mass is 10.4. The molecule has 5 heteroatoms. The quantitative estimate of drug-likeness (QED) is 0.674. The number of hydrogen-bond donors (Lipinski definition) is 1. The van der Waals surface area contributed by atoms with Crippen LogP contribution in [0.5, 0.6) is 0 Å². The zero-order valence-electron chi connectivity index (χ0n) is 7.77. The highest BCUT2D eigenvalue weighted by atomic mass is 79.9. The summed E-state index contributed by atoms with van der Waals surface area (Å²) in [5.41, 5.74) is -0.0543. The van der Waals surface area contributed by atoms with Gasteiger partial charge in [0.05, 0.1) is 0 Å². The summed E-state index contributed by atoms with van der Waals surface area (Å²) in [6.07, 6.45) is 5.32. The minimum atomic E-state index is -0.0543. The highest BCUT2D eigenvalue weighted by Gasteiger charge is 2.02. The van der Waals surface area contributed by atoms with Gasteiger partial charge in [-0.2, -0.15) is 12.6 Å². The monoisotopic (exact) mass is 274 g/mol. The molecule has 0 unspecified atom stereocenters. The molecule has 0 aliphatic rings. The predicted molar refractivity (Wildman–Crippen MR) is 63.9 cm³/mol. The van der Waals surface area contributed by atoms with Gasteiger partial charge in [0.2, 0.25) is 0 Å². The zero-order valence-corrected chi connectivity index (χ0v) is 10.3. The van der Waals surface area contributed by atoms with E-state index in [9.17, 15) is 4.79 Å². The number of rotatable bonds is 3. The van der Waals surface area contributed by atoms with Gasteiger partial charge < -0.3 is 0 Å². The van der Waals surface area contributed by atoms with Crippen LogP contribution in [0.3, 0.4) is 0 Å². The number of aryl methyl sites for hydroxylation is 1. The van der Waals surface area contributed by atoms with E-state index in [0.29, 0.717) is 22.6 Å². The Morgan fingerprint density at radius 3 is 3.00 bits per heavy atom. The minimum Gasteiger partial charge on any atom is -0.292 e. The van der Waals surface area contributed by atoms with Crippen LogP contribution < -0.4 is 5.56 Å². The van der Waals surface area contributed by atoms with Crippen LogP contribution in [0.4, 0.5) is 0 Å². The molecule has 0 aromatic carbocycles. The molecule has 0 bridgehead atoms. The van der Waals surface area contributed by atoms with Crippen LogP contribution in [0.25, 0.3) is 0 Å². The van der Waals surface area contributed by atoms with Crippen molar-refractivity contribution in [3.05, 3.63) is 39.0 Å². The van der Waals surface area contributed by atoms with Crippen molar-refractivity contribution in [2.24, 2.45) is 0 Å². The Morgan fingerprint density at radius 1 is 1.64 bits per heavy atom. The largest absolute Gasteiger partial charge is 0.292 e. The van der Waals surface area contributed by atoms with E-state index in [0.717, 1.165) is 0 Å². The van der Waals surface area contributed by atoms with E-state index in [2.05, 4.69) is 33.5 Å². The third-order valence-corrected chi connectivity index (χ3v) is 2.52. The first-order chi connectivity index (χ1) is 6.66. The summed E-state index contributed by atoms with van der Waals surface area (Å²) in [6.45, 7) is 2.35. The number of nitrogens with zero attached hydrogens (tertiary/aromatic N) is 2. The van der Waals surface area contributed by atoms with Gasteiger partial charge in [-0.05, 0) is 22.9 Å². The Labute approximate surface area is 96.4 Å². The van der Waals surface area contributed by atoms with Crippen molar-refractivity contribution in [3.8, 4) is 0 Å². The molecule has 0 aliphatic heterocycles. The second kappa shape index (κ2) is 5.36. The zero-order chi connectivity index (χ0) is 10.6. The van der Waals surface area contributed by atoms with E-state index in [4.69, 9.17) is 0 Å². The summed E-state index contributed by atoms with van der Waals surface area (Å²) in [5, 5.41) is 0. The number of allylic oxidation sites excluding steroid dienone is 1. The fourth-order valence-corrected chi connectivity index (χ4v) is 1.49. The third-order valence-electron chi connectivity index (χ3n) is 1.76. The van der Waals surface area contributed by atoms with E-state index < -0.39 is 0 Å². The lowest BCUT2D eigenvalue weighted by Gasteiger charge is -2.05. The number of halogens is 1. The topological polar surface area (TPSA) is 34.9 Å². The lowest BCUT2D eigenvalue weighted by Crippen LogP contribution is -2.23.